The first-order valence-corrected chi connectivity index (χ1v) is 229. The molecule has 127 heavy (non-hydrogen) atoms. The van der Waals surface area contributed by atoms with Crippen molar-refractivity contribution in [2.24, 2.45) is 0 Å². The molecule has 0 N–H and O–H groups in total. The predicted octanol–water partition coefficient (Wildman–Crippen LogP) is 47.6. The van der Waals surface area contributed by atoms with Gasteiger partial charge in [0.2, 0.25) is 0 Å². The molecule has 14 rings (SSSR count). The minimum atomic E-state index is -0.489. The Labute approximate surface area is 978 Å². The molecular weight excluding hydrogens is 5090 g/mol. The van der Waals surface area contributed by atoms with Crippen molar-refractivity contribution in [2.45, 2.75) is 279 Å². The number of aryl methyl sites for hydroxylation is 2. The molecule has 4 nitrogen and oxygen atoms in total. The van der Waals surface area contributed by atoms with Crippen molar-refractivity contribution in [1.29, 1.82) is 0 Å². The normalized spacial score (nSPS) is 21.0. The second-order valence-corrected chi connectivity index (χ2v) is 738. The second kappa shape index (κ2) is 50.5. The molecule has 0 saturated heterocycles. The van der Waals surface area contributed by atoms with Crippen LogP contribution in [0.4, 0.5) is 56.9 Å². The van der Waals surface area contributed by atoms with Crippen molar-refractivity contribution in [1.82, 2.24) is 0 Å². The summed E-state index contributed by atoms with van der Waals surface area (Å²) < 4.78 is 0. The molecule has 0 amide bonds. The zero-order chi connectivity index (χ0) is 93.3. The quantitative estimate of drug-likeness (QED) is 0.0591. The molecule has 0 spiro atoms. The van der Waals surface area contributed by atoms with Crippen LogP contribution >= 0.6 is 408 Å². The summed E-state index contributed by atoms with van der Waals surface area (Å²) in [5.41, 5.74) is 32.4. The van der Waals surface area contributed by atoms with E-state index < -0.39 is 103 Å². The van der Waals surface area contributed by atoms with Gasteiger partial charge in [0, 0.05) is 67.7 Å². The van der Waals surface area contributed by atoms with Crippen molar-refractivity contribution >= 4 is 488 Å². The number of benzene rings is 8. The predicted molar refractivity (Wildman–Crippen MR) is 842 cm³/mol. The summed E-state index contributed by atoms with van der Waals surface area (Å²) >= 11 is 51.2. The van der Waals surface area contributed by atoms with E-state index >= 15 is 0 Å². The maximum absolute atomic E-state index is 3.29. The monoisotopic (exact) mass is 5210 g/mol. The summed E-state index contributed by atoms with van der Waals surface area (Å²) in [7, 11) is -6.36. The van der Waals surface area contributed by atoms with Crippen LogP contribution in [0.25, 0.3) is 0 Å². The van der Waals surface area contributed by atoms with E-state index in [2.05, 4.69) is 635 Å². The van der Waals surface area contributed by atoms with Crippen molar-refractivity contribution in [2.75, 3.05) is 19.6 Å². The zero-order valence-electron chi connectivity index (χ0n) is 74.7. The van der Waals surface area contributed by atoms with Gasteiger partial charge in [-0.05, 0) is 237 Å². The molecule has 2 aliphatic carbocycles. The Kier molecular flexibility index (Phi) is 48.8. The number of hydrogen-bond donors (Lipinski definition) is 0. The fourth-order valence-corrected chi connectivity index (χ4v) is 5260. The third kappa shape index (κ3) is 27.4. The van der Waals surface area contributed by atoms with Gasteiger partial charge in [-0.1, -0.05) is 244 Å². The first-order chi connectivity index (χ1) is 58.3. The number of rotatable bonds is 19. The van der Waals surface area contributed by atoms with Gasteiger partial charge in [-0.15, -0.1) is 0 Å². The van der Waals surface area contributed by atoms with Gasteiger partial charge in [0.1, 0.15) is 0 Å². The molecule has 8 aromatic rings. The molecule has 6 aliphatic rings. The van der Waals surface area contributed by atoms with Gasteiger partial charge in [-0.2, -0.15) is 0 Å². The van der Waals surface area contributed by atoms with Crippen molar-refractivity contribution < 1.29 is 13.3 Å². The molecule has 4 heterocycles. The molecule has 36 heteroatoms. The molecule has 0 aromatic heterocycles. The molecule has 4 unspecified atom stereocenters. The van der Waals surface area contributed by atoms with E-state index in [4.69, 9.17) is 0 Å². The first-order valence-electron chi connectivity index (χ1n) is 40.7. The number of halogens is 31. The Morgan fingerprint density at radius 3 is 1.12 bits per heavy atom. The molecule has 0 radical (unpaired) electrons. The third-order valence-electron chi connectivity index (χ3n) is 25.5. The van der Waals surface area contributed by atoms with Crippen molar-refractivity contribution in [3.8, 4) is 0 Å². The minimum absolute atomic E-state index is 0. The van der Waals surface area contributed by atoms with Crippen LogP contribution in [0.3, 0.4) is 0 Å². The van der Waals surface area contributed by atoms with Crippen molar-refractivity contribution in [3.05, 3.63) is 207 Å². The number of nitrogens with zero attached hydrogens (tertiary/aromatic N) is 4. The molecular formula is C91H117BI31N4-. The molecule has 722 valence electrons. The molecule has 2 fully saturated rings. The van der Waals surface area contributed by atoms with Gasteiger partial charge in [-0.25, -0.2) is 0 Å². The van der Waals surface area contributed by atoms with Crippen LogP contribution in [0, 0.1) is 13.8 Å². The third-order valence-corrected chi connectivity index (χ3v) is 2260. The summed E-state index contributed by atoms with van der Waals surface area (Å²) in [6, 6.07) is 60.1. The Balaban J connectivity index is 0.000000189. The molecule has 2 saturated carbocycles. The summed E-state index contributed by atoms with van der Waals surface area (Å²) in [6.45, 7) is 57.0. The summed E-state index contributed by atoms with van der Waals surface area (Å²) in [4.78, 5) is 10.6. The van der Waals surface area contributed by atoms with Crippen LogP contribution in [0.15, 0.2) is 152 Å². The van der Waals surface area contributed by atoms with Crippen LogP contribution in [0.1, 0.15) is 267 Å². The summed E-state index contributed by atoms with van der Waals surface area (Å²) in [6.07, 6.45) is 10.0. The van der Waals surface area contributed by atoms with Gasteiger partial charge < -0.3 is 19.6 Å². The fraction of sp³-hybridized carbons (Fsp3) is 0.473. The van der Waals surface area contributed by atoms with E-state index in [1.807, 2.05) is 0 Å². The van der Waals surface area contributed by atoms with E-state index in [-0.39, 0.29) is 76.4 Å². The Bertz CT molecular complexity index is 5170. The molecule has 0 bridgehead atoms. The van der Waals surface area contributed by atoms with Gasteiger partial charge in [0.25, 0.3) is 6.71 Å². The average molecular weight is 5210 g/mol. The number of hydrogen-bond acceptors (Lipinski definition) is 4. The Morgan fingerprint density at radius 1 is 0.331 bits per heavy atom. The summed E-state index contributed by atoms with van der Waals surface area (Å²) in [5.74, 6) is 0. The number of anilines is 10. The van der Waals surface area contributed by atoms with Gasteiger partial charge in [0.15, 0.2) is 0 Å². The average Bonchev–Trinajstić information content (AvgIpc) is 1.53. The fourth-order valence-electron chi connectivity index (χ4n) is 18.4. The van der Waals surface area contributed by atoms with Gasteiger partial charge in [0.05, 0.1) is 11.1 Å². The number of fused-ring (bicyclic) bond motifs is 10. The van der Waals surface area contributed by atoms with Crippen LogP contribution in [0.5, 0.6) is 0 Å². The summed E-state index contributed by atoms with van der Waals surface area (Å²) in [5, 5.41) is 0. The van der Waals surface area contributed by atoms with Gasteiger partial charge >= 0.3 is 422 Å². The Hall–Kier alpha value is 15.7. The van der Waals surface area contributed by atoms with E-state index in [0.717, 1.165) is 0 Å². The van der Waals surface area contributed by atoms with Crippen molar-refractivity contribution in [3.63, 3.8) is 0 Å². The van der Waals surface area contributed by atoms with Crippen LogP contribution in [0.2, 0.25) is 0 Å². The molecule has 8 aromatic carbocycles. The maximum atomic E-state index is 3.29. The Morgan fingerprint density at radius 2 is 0.685 bits per heavy atom. The zero-order valence-corrected chi connectivity index (χ0v) is 142. The van der Waals surface area contributed by atoms with E-state index in [1.165, 1.54) is 175 Å². The first kappa shape index (κ1) is 123. The second-order valence-electron chi connectivity index (χ2n) is 39.6. The van der Waals surface area contributed by atoms with Crippen LogP contribution in [-0.4, -0.2) is 17.8 Å². The van der Waals surface area contributed by atoms with Crippen LogP contribution < -0.4 is 49.2 Å². The van der Waals surface area contributed by atoms with Gasteiger partial charge in [-0.3, -0.25) is 0 Å². The molecule has 4 atom stereocenters. The topological polar surface area (TPSA) is 13.0 Å². The van der Waals surface area contributed by atoms with E-state index in [9.17, 15) is 0 Å². The standard InChI is InChI=1S/C45H55BN2.C45H58N2.CH4.I31/c1-28-23-37-39-38(24-28)48-40-33(44(11)21-13-14-22-45(44,48)12)25-31(43(8,9)10)27-35(40)46(39)34-26-30(42(5,6)7)17-20-36(34)47(37)32-18-15-29(16-19-32)41(2,3)4;1-31-27-37(46(35-20-15-32(16-21-35)41(2,3)4)36-22-17-33(18-23-36)42(5,6)7)30-38(28-31)47-40-24-19-34(43(8,9)10)29-39(40)44(11)25-13-14-26-45(44,47)12;;1-17-19(4)21(6)23(8)25(10)27(12)29(14)31(16)30(15)28(13)26(11)24(9)22(7)20(5)18(2)3/h15-20,23-27H,13-14,21-22H2,1-12H3;15-24,27-30H,13-14,25-26H2,1-12H3;1H4;/q;;;-1. The van der Waals surface area contributed by atoms with E-state index in [1.54, 1.807) is 5.56 Å². The van der Waals surface area contributed by atoms with Crippen LogP contribution in [-0.2, 0) is 43.3 Å². The SMILES string of the molecule is C.Cc1cc(N(c2ccc(C(C)(C)C)cc2)c2ccc(C(C)(C)C)cc2)cc(N2c3ccc(C(C)(C)C)cc3C3(C)CCCCC23C)c1.Cc1cc2c3c(c1)N1c4c(cc(C(C)(C)C)cc4C4(C)CCCCC14C)B3c1cc(C(C)(C)C)ccc1N2c1ccc(C(C)(C)C)cc1.I[I-]I(I)I(I)I(I)I(I)I(I)I(I)I(I)I(I)I(I)I(I)I(I)I(I)I(I)I(I)I. The van der Waals surface area contributed by atoms with E-state index in [0.29, 0.717) is 13.3 Å². The molecule has 4 aliphatic heterocycles.